The quantitative estimate of drug-likeness (QED) is 0.110. The molecule has 0 bridgehead atoms. The standard InChI is InChI=1S/C11H15NS.C9H17N.C9H16O.C9H16S.C8H16N2.C8H15N.C8H14O.C8H14S.C7H13NO.C7H13NS.C7H13N.C7H12OS.C7H12O.C7H12S.C6H10N2S/c1-11(2,3)12-8-9-6-4-5-7-10(9)13-12;3*1-9(2,3)8-4-6-10-7-5-8;1-8(2,3)7-4-5-9-6-10-7;3*1-8(2,3)7-5-4-6-9-7;1-7(2,3)6-4-9-5-8-6;1-7(2,3)8-5-4-6-9-8;1-7(2,3)6-4-5-8-6;1-7(2,3)6-4-8-5-9-6;2*1-7(2,3)6-4-5-8-6;1-6(2,3)5-7-4-8-9-5/h4-7H,8H2,1-3H3;4,10H,5-7H2,1-3H3;2*4,6,8H,5,7H2,1-3H3;4,9-10H,5-6H2,1-3H3;4-5,7,9H,6H2,1-3H3;4-5,7H,6H2,1-3H3;5H,4,6H2,1-3H3;4,8H,5H2,1-3H3;4,6H,5H2,1-3H3;4-6,8H,1-3H3;4H,5H2,1-3H3;4-6H,1-3H3;4H,5H2,1-3H3;4H,1-3H3. The van der Waals surface area contributed by atoms with Gasteiger partial charge in [0, 0.05) is 98.5 Å². The van der Waals surface area contributed by atoms with Gasteiger partial charge < -0.3 is 50.3 Å². The highest BCUT2D eigenvalue weighted by Gasteiger charge is 2.34. The highest BCUT2D eigenvalue weighted by Crippen LogP contribution is 2.44. The van der Waals surface area contributed by atoms with E-state index in [0.717, 1.165) is 76.0 Å². The van der Waals surface area contributed by atoms with Crippen LogP contribution in [-0.4, -0.2) is 136 Å². The van der Waals surface area contributed by atoms with Crippen LogP contribution in [0.1, 0.15) is 348 Å². The molecule has 0 fully saturated rings. The van der Waals surface area contributed by atoms with Gasteiger partial charge in [0.1, 0.15) is 29.6 Å². The highest BCUT2D eigenvalue weighted by atomic mass is 32.2. The molecular weight excluding hydrogens is 1860 g/mol. The number of fused-ring (bicyclic) bond motifs is 1. The third-order valence-corrected chi connectivity index (χ3v) is 32.6. The number of hydrogen-bond acceptors (Lipinski definition) is 22. The lowest BCUT2D eigenvalue weighted by Gasteiger charge is -2.33. The van der Waals surface area contributed by atoms with E-state index in [0.29, 0.717) is 80.4 Å². The van der Waals surface area contributed by atoms with Gasteiger partial charge in [0.25, 0.3) is 0 Å². The zero-order valence-electron chi connectivity index (χ0n) is 97.3. The first-order chi connectivity index (χ1) is 64.0. The number of ether oxygens (including phenoxy) is 5. The average Bonchev–Trinajstić information content (AvgIpc) is 1.67. The normalized spacial score (nSPS) is 21.8. The van der Waals surface area contributed by atoms with Crippen LogP contribution in [0.15, 0.2) is 188 Å². The molecule has 0 amide bonds. The van der Waals surface area contributed by atoms with Crippen LogP contribution < -0.4 is 31.9 Å². The molecule has 14 aliphatic rings. The third kappa shape index (κ3) is 56.9. The molecule has 6 N–H and O–H groups in total. The monoisotopic (exact) mass is 2070 g/mol. The fourth-order valence-electron chi connectivity index (χ4n) is 13.8. The number of benzene rings is 1. The maximum Gasteiger partial charge on any atom is 0.158 e. The average molecular weight is 2070 g/mol. The SMILES string of the molecule is CC(C)(C)C1=CCCS1.CC(C)(C)C1=CCNCC1.CC(C)(C)C1=CCNCN1.CC(C)(C)C1=CCS1.CC(C)(C)C1=COCN1.CC(C)(C)C1=COCS1.CC(C)(C)C1C=CCN1.CC(C)(C)C1C=CCO1.CC(C)(C)C1C=CN1.CC(C)(C)C1C=CO1.CC(C)(C)C1C=COCC1.CC(C)(C)C1C=CSCC1.CC(C)(C)N1CC=CS1.CC(C)(C)N1Cc2ccccc2S1.CC(C)(C)c1ncns1. The maximum absolute atomic E-state index is 5.41. The van der Waals surface area contributed by atoms with Gasteiger partial charge in [-0.2, -0.15) is 4.37 Å². The lowest BCUT2D eigenvalue weighted by molar-refractivity contribution is 0.0470. The van der Waals surface area contributed by atoms with Crippen molar-refractivity contribution in [3.05, 3.63) is 194 Å². The van der Waals surface area contributed by atoms with E-state index in [4.69, 9.17) is 23.7 Å². The molecular formula is C118H208N10O5S7. The second-order valence-electron chi connectivity index (χ2n) is 53.0. The van der Waals surface area contributed by atoms with Gasteiger partial charge in [0.2, 0.25) is 0 Å². The molecule has 140 heavy (non-hydrogen) atoms. The summed E-state index contributed by atoms with van der Waals surface area (Å²) in [5.41, 5.74) is 10.5. The van der Waals surface area contributed by atoms with Gasteiger partial charge in [-0.1, -0.05) is 366 Å². The third-order valence-electron chi connectivity index (χ3n) is 23.7. The van der Waals surface area contributed by atoms with Crippen molar-refractivity contribution in [2.75, 3.05) is 82.5 Å². The summed E-state index contributed by atoms with van der Waals surface area (Å²) in [4.78, 5) is 9.98. The van der Waals surface area contributed by atoms with Crippen LogP contribution in [0.25, 0.3) is 0 Å². The molecule has 802 valence electrons. The molecule has 15 nitrogen and oxygen atoms in total. The number of nitrogens with zero attached hydrogens (tertiary/aromatic N) is 4. The molecule has 0 radical (unpaired) electrons. The summed E-state index contributed by atoms with van der Waals surface area (Å²) in [6.45, 7) is 110. The Hall–Kier alpha value is -4.14. The number of nitrogens with one attached hydrogen (secondary N) is 6. The summed E-state index contributed by atoms with van der Waals surface area (Å²) in [5, 5.41) is 25.0. The predicted molar refractivity (Wildman–Crippen MR) is 630 cm³/mol. The second-order valence-corrected chi connectivity index (χ2v) is 59.9. The summed E-state index contributed by atoms with van der Waals surface area (Å²) in [6.07, 6.45) is 45.4. The molecule has 2 aromatic rings. The molecule has 15 heterocycles. The van der Waals surface area contributed by atoms with E-state index in [1.165, 1.54) is 81.2 Å². The zero-order chi connectivity index (χ0) is 107. The molecule has 16 rings (SSSR count). The van der Waals surface area contributed by atoms with E-state index in [9.17, 15) is 0 Å². The predicted octanol–water partition coefficient (Wildman–Crippen LogP) is 33.1. The topological polar surface area (TPSA) is 151 Å². The smallest absolute Gasteiger partial charge is 0.158 e. The van der Waals surface area contributed by atoms with Crippen LogP contribution in [0.3, 0.4) is 0 Å². The molecule has 0 aliphatic carbocycles. The Morgan fingerprint density at radius 3 is 1.27 bits per heavy atom. The lowest BCUT2D eigenvalue weighted by Crippen LogP contribution is -2.41. The molecule has 6 atom stereocenters. The van der Waals surface area contributed by atoms with Crippen molar-refractivity contribution in [2.45, 2.75) is 389 Å². The molecule has 1 aromatic heterocycles. The van der Waals surface area contributed by atoms with E-state index >= 15 is 0 Å². The Bertz CT molecular complexity index is 3990. The number of rotatable bonds is 0. The summed E-state index contributed by atoms with van der Waals surface area (Å²) in [7, 11) is 0. The molecule has 0 spiro atoms. The van der Waals surface area contributed by atoms with Gasteiger partial charge in [0.05, 0.1) is 56.5 Å². The Balaban J connectivity index is 0.000000508. The van der Waals surface area contributed by atoms with Gasteiger partial charge >= 0.3 is 0 Å². The molecule has 0 saturated heterocycles. The molecule has 1 aromatic carbocycles. The molecule has 6 unspecified atom stereocenters. The van der Waals surface area contributed by atoms with Gasteiger partial charge in [-0.3, -0.25) is 5.32 Å². The van der Waals surface area contributed by atoms with Crippen molar-refractivity contribution >= 4 is 82.5 Å². The van der Waals surface area contributed by atoms with E-state index in [2.05, 4.69) is 476 Å². The lowest BCUT2D eigenvalue weighted by atomic mass is 9.78. The van der Waals surface area contributed by atoms with Crippen LogP contribution in [0.4, 0.5) is 0 Å². The van der Waals surface area contributed by atoms with Crippen LogP contribution in [0.2, 0.25) is 0 Å². The van der Waals surface area contributed by atoms with E-state index in [1.807, 2.05) is 66.0 Å². The van der Waals surface area contributed by atoms with Crippen LogP contribution in [0, 0.1) is 76.8 Å². The Labute approximate surface area is 891 Å². The number of hydrogen-bond donors (Lipinski definition) is 6. The minimum absolute atomic E-state index is 0.168. The largest absolute Gasteiger partial charge is 0.501 e. The summed E-state index contributed by atoms with van der Waals surface area (Å²) in [6, 6.07) is 9.82. The molecule has 14 aliphatic heterocycles. The molecule has 22 heteroatoms. The Kier molecular flexibility index (Phi) is 57.0. The minimum atomic E-state index is 0.168. The van der Waals surface area contributed by atoms with Gasteiger partial charge in [-0.05, 0) is 232 Å². The van der Waals surface area contributed by atoms with Crippen molar-refractivity contribution < 1.29 is 23.7 Å². The minimum Gasteiger partial charge on any atom is -0.501 e. The van der Waals surface area contributed by atoms with Crippen molar-refractivity contribution in [2.24, 2.45) is 76.8 Å². The van der Waals surface area contributed by atoms with E-state index in [1.54, 1.807) is 57.9 Å². The zero-order valence-corrected chi connectivity index (χ0v) is 103. The van der Waals surface area contributed by atoms with Crippen molar-refractivity contribution in [3.8, 4) is 0 Å². The summed E-state index contributed by atoms with van der Waals surface area (Å²) >= 11 is 12.9. The van der Waals surface area contributed by atoms with Gasteiger partial charge in [-0.25, -0.2) is 13.6 Å². The number of allylic oxidation sites excluding steroid dienone is 8. The number of aromatic nitrogens is 2. The van der Waals surface area contributed by atoms with Crippen LogP contribution >= 0.6 is 82.5 Å². The Morgan fingerprint density at radius 1 is 0.450 bits per heavy atom. The van der Waals surface area contributed by atoms with Crippen molar-refractivity contribution in [3.63, 3.8) is 0 Å². The fraction of sp³-hybridized carbons (Fsp3) is 0.712. The second kappa shape index (κ2) is 60.5. The van der Waals surface area contributed by atoms with Crippen LogP contribution in [-0.2, 0) is 35.6 Å². The van der Waals surface area contributed by atoms with Crippen LogP contribution in [0.5, 0.6) is 0 Å². The van der Waals surface area contributed by atoms with Crippen molar-refractivity contribution in [1.82, 2.24) is 49.9 Å². The van der Waals surface area contributed by atoms with E-state index < -0.39 is 0 Å². The fourth-order valence-corrected chi connectivity index (χ4v) is 19.8. The first-order valence-corrected chi connectivity index (χ1v) is 58.1. The van der Waals surface area contributed by atoms with Gasteiger partial charge in [-0.15, -0.1) is 35.3 Å². The van der Waals surface area contributed by atoms with E-state index in [-0.39, 0.29) is 38.0 Å². The Morgan fingerprint density at radius 2 is 1.03 bits per heavy atom. The summed E-state index contributed by atoms with van der Waals surface area (Å²) in [5.74, 6) is 6.12. The van der Waals surface area contributed by atoms with Crippen molar-refractivity contribution in [1.29, 1.82) is 0 Å². The van der Waals surface area contributed by atoms with Gasteiger partial charge in [0.15, 0.2) is 6.73 Å². The highest BCUT2D eigenvalue weighted by molar-refractivity contribution is 8.04. The number of thioether (sulfide) groups is 4. The molecule has 0 saturated carbocycles. The first-order valence-electron chi connectivity index (χ1n) is 51.7. The maximum atomic E-state index is 5.41. The summed E-state index contributed by atoms with van der Waals surface area (Å²) < 4.78 is 34.4. The first kappa shape index (κ1) is 132.